The SMILES string of the molecule is CCCC[C@H]1C(=O)N(C)[C@@H](CCCC)C(=O)N[C@@H](CC(C)C)C(=O)NCC(=O)NCC(=O)N[C@@H](Cc2ccc(O)cc2)C(=O)N(C)[C@@H](C)C(=O)N[C@@H](CC(N)=O)C(=O)N2CCC[C@H]2C(=O)N[C@@H](CN)C(=O)N[C@@H](CC(C)C)C(=O)N2C[C@H](O)C[C@H]2C(=O)N[C@@H](Cc2c[nH]c3ccccc23)C(=O)N[C@@H](CCN)C(=O)N[C@@H](Cc2c[nH]c3ccccc23)C(=O)N1C. The predicted octanol–water partition coefficient (Wildman–Crippen LogP) is -1.38. The number of fused-ring (bicyclic) bond motifs is 4. The van der Waals surface area contributed by atoms with Crippen LogP contribution in [0.3, 0.4) is 0 Å². The molecular formula is C86H124N20O18. The number of H-pyrrole nitrogens is 2. The van der Waals surface area contributed by atoms with Crippen molar-refractivity contribution in [3.05, 3.63) is 102 Å². The number of benzene rings is 3. The van der Waals surface area contributed by atoms with E-state index >= 15 is 28.8 Å². The van der Waals surface area contributed by atoms with E-state index in [9.17, 15) is 58.2 Å². The van der Waals surface area contributed by atoms with Crippen LogP contribution in [0.15, 0.2) is 85.2 Å². The van der Waals surface area contributed by atoms with E-state index in [0.717, 1.165) is 14.7 Å². The molecule has 5 heterocycles. The zero-order chi connectivity index (χ0) is 90.9. The summed E-state index contributed by atoms with van der Waals surface area (Å²) in [6, 6.07) is 1.09. The third-order valence-electron chi connectivity index (χ3n) is 22.9. The number of nitrogens with one attached hydrogen (secondary N) is 12. The first-order chi connectivity index (χ1) is 59.0. The molecular weight excluding hydrogens is 1600 g/mol. The zero-order valence-corrected chi connectivity index (χ0v) is 72.3. The molecule has 3 aromatic carbocycles. The van der Waals surface area contributed by atoms with E-state index in [1.165, 1.54) is 62.1 Å². The van der Waals surface area contributed by atoms with Crippen molar-refractivity contribution in [3.63, 3.8) is 0 Å². The molecule has 0 unspecified atom stereocenters. The molecule has 16 amide bonds. The number of hydrogen-bond acceptors (Lipinski definition) is 20. The Morgan fingerprint density at radius 2 is 0.976 bits per heavy atom. The van der Waals surface area contributed by atoms with Gasteiger partial charge in [0.2, 0.25) is 94.5 Å². The van der Waals surface area contributed by atoms with Crippen molar-refractivity contribution in [2.24, 2.45) is 29.0 Å². The molecule has 124 heavy (non-hydrogen) atoms. The lowest BCUT2D eigenvalue weighted by Crippen LogP contribution is -2.61. The Kier molecular flexibility index (Phi) is 36.0. The second-order valence-electron chi connectivity index (χ2n) is 33.2. The summed E-state index contributed by atoms with van der Waals surface area (Å²) in [5.74, 6) is -14.7. The topological polar surface area (TPSA) is 560 Å². The van der Waals surface area contributed by atoms with Gasteiger partial charge in [0.25, 0.3) is 0 Å². The number of aromatic hydroxyl groups is 1. The molecule has 38 heteroatoms. The van der Waals surface area contributed by atoms with Crippen LogP contribution in [-0.2, 0) is 96.0 Å². The maximum absolute atomic E-state index is 15.7. The zero-order valence-electron chi connectivity index (χ0n) is 72.3. The Bertz CT molecular complexity index is 4630. The van der Waals surface area contributed by atoms with Crippen molar-refractivity contribution in [1.82, 2.24) is 87.6 Å². The Hall–Kier alpha value is -12.1. The lowest BCUT2D eigenvalue weighted by Gasteiger charge is -2.36. The monoisotopic (exact) mass is 1720 g/mol. The van der Waals surface area contributed by atoms with Crippen molar-refractivity contribution in [1.29, 1.82) is 0 Å². The van der Waals surface area contributed by atoms with Crippen LogP contribution in [0.25, 0.3) is 21.8 Å². The van der Waals surface area contributed by atoms with Gasteiger partial charge in [0.15, 0.2) is 0 Å². The first kappa shape index (κ1) is 97.4. The van der Waals surface area contributed by atoms with E-state index in [-0.39, 0.29) is 101 Å². The normalized spacial score (nSPS) is 25.5. The number of para-hydroxylation sites is 2. The maximum Gasteiger partial charge on any atom is 0.246 e. The van der Waals surface area contributed by atoms with Crippen LogP contribution in [0.2, 0.25) is 0 Å². The summed E-state index contributed by atoms with van der Waals surface area (Å²) < 4.78 is 0. The number of nitrogens with zero attached hydrogens (tertiary/aromatic N) is 5. The highest BCUT2D eigenvalue weighted by Gasteiger charge is 2.46. The van der Waals surface area contributed by atoms with Gasteiger partial charge >= 0.3 is 0 Å². The summed E-state index contributed by atoms with van der Waals surface area (Å²) in [4.78, 5) is 246. The molecule has 3 aliphatic heterocycles. The number of aromatic nitrogens is 2. The third kappa shape index (κ3) is 26.3. The first-order valence-electron chi connectivity index (χ1n) is 42.6. The van der Waals surface area contributed by atoms with Crippen LogP contribution >= 0.6 is 0 Å². The van der Waals surface area contributed by atoms with E-state index in [1.807, 2.05) is 32.0 Å². The average Bonchev–Trinajstić information content (AvgIpc) is 1.74. The van der Waals surface area contributed by atoms with Crippen LogP contribution in [0, 0.1) is 11.8 Å². The van der Waals surface area contributed by atoms with Crippen molar-refractivity contribution >= 4 is 116 Å². The number of phenolic OH excluding ortho intramolecular Hbond substituents is 1. The molecule has 38 nitrogen and oxygen atoms in total. The summed E-state index contributed by atoms with van der Waals surface area (Å²) in [5.41, 5.74) is 21.0. The molecule has 0 radical (unpaired) electrons. The Morgan fingerprint density at radius 3 is 1.57 bits per heavy atom. The number of aromatic amines is 2. The summed E-state index contributed by atoms with van der Waals surface area (Å²) in [6.07, 6.45) is 2.31. The molecule has 676 valence electrons. The predicted molar refractivity (Wildman–Crippen MR) is 458 cm³/mol. The minimum Gasteiger partial charge on any atom is -0.508 e. The number of amides is 16. The minimum atomic E-state index is -1.74. The molecule has 0 aliphatic carbocycles. The quantitative estimate of drug-likeness (QED) is 0.0402. The number of likely N-dealkylation sites (N-methyl/N-ethyl adjacent to an activating group) is 3. The Labute approximate surface area is 720 Å². The highest BCUT2D eigenvalue weighted by molar-refractivity contribution is 6.02. The third-order valence-corrected chi connectivity index (χ3v) is 22.9. The molecule has 5 aromatic rings. The van der Waals surface area contributed by atoms with Crippen molar-refractivity contribution in [3.8, 4) is 5.75 Å². The molecule has 20 N–H and O–H groups in total. The molecule has 0 bridgehead atoms. The van der Waals surface area contributed by atoms with Crippen LogP contribution in [0.4, 0.5) is 0 Å². The van der Waals surface area contributed by atoms with Crippen molar-refractivity contribution < 1.29 is 86.9 Å². The molecule has 0 saturated carbocycles. The average molecular weight is 1730 g/mol. The van der Waals surface area contributed by atoms with Gasteiger partial charge in [0, 0.05) is 101 Å². The standard InChI is InChI=1S/C86H124N20O18/c1-11-13-24-67-79(117)96-60(34-47(3)4)75(113)93-44-72(110)92-45-73(111)94-63(36-50-27-29-53(107)30-28-50)82(120)102(8)49(7)74(112)98-65(40-71(89)109)84(122)105-33-19-26-68(105)80(118)101-66(41-88)78(116)99-62(35-48(5)6)85(123)106-46-54(108)39-70(106)81(119)97-61(37-51-42-90-57-22-17-15-20-55(51)57)77(115)95-59(31-32-87)76(114)100-64(38-52-43-91-58-23-18-16-21-56(52)58)83(121)104(10)69(25-14-12-2)86(124)103(67)9/h15-18,20-23,27-30,42-43,47-49,54,59-70,90-91,107-108H,11-14,19,24-26,31-41,44-46,87-88H2,1-10H3,(H2,89,109)(H,92,110)(H,93,113)(H,94,111)(H,95,115)(H,96,117)(H,97,119)(H,98,112)(H,99,116)(H,100,114)(H,101,118)/t49-,54+,59-,60-,61-,62-,63-,64-,65-,66-,67-,68-,69-,70-/m0/s1. The summed E-state index contributed by atoms with van der Waals surface area (Å²) in [7, 11) is 4.05. The molecule has 14 atom stereocenters. The number of carbonyl (C=O) groups is 16. The molecule has 3 aliphatic rings. The number of hydrogen-bond donors (Lipinski definition) is 17. The highest BCUT2D eigenvalue weighted by Crippen LogP contribution is 2.28. The summed E-state index contributed by atoms with van der Waals surface area (Å²) in [6.45, 7) is 9.39. The number of unbranched alkanes of at least 4 members (excludes halogenated alkanes) is 2. The van der Waals surface area contributed by atoms with Gasteiger partial charge in [-0.1, -0.05) is 116 Å². The van der Waals surface area contributed by atoms with E-state index in [0.29, 0.717) is 64.2 Å². The molecule has 2 aromatic heterocycles. The van der Waals surface area contributed by atoms with Crippen LogP contribution in [-0.4, -0.2) is 284 Å². The number of primary amides is 1. The van der Waals surface area contributed by atoms with E-state index in [4.69, 9.17) is 17.2 Å². The van der Waals surface area contributed by atoms with E-state index in [2.05, 4.69) is 63.1 Å². The van der Waals surface area contributed by atoms with Crippen LogP contribution in [0.1, 0.15) is 149 Å². The van der Waals surface area contributed by atoms with Gasteiger partial charge in [-0.05, 0) is 111 Å². The van der Waals surface area contributed by atoms with Crippen molar-refractivity contribution in [2.45, 2.75) is 236 Å². The fraction of sp³-hybridized carbons (Fsp3) is 0.558. The van der Waals surface area contributed by atoms with Crippen molar-refractivity contribution in [2.75, 3.05) is 60.4 Å². The van der Waals surface area contributed by atoms with Gasteiger partial charge in [-0.3, -0.25) is 76.7 Å². The highest BCUT2D eigenvalue weighted by atomic mass is 16.3. The number of nitrogens with two attached hydrogens (primary N) is 3. The Balaban J connectivity index is 1.15. The second kappa shape index (κ2) is 45.9. The number of phenols is 1. The van der Waals surface area contributed by atoms with E-state index < -0.39 is 212 Å². The fourth-order valence-corrected chi connectivity index (χ4v) is 15.9. The van der Waals surface area contributed by atoms with Gasteiger partial charge in [-0.2, -0.15) is 0 Å². The number of rotatable bonds is 21. The lowest BCUT2D eigenvalue weighted by molar-refractivity contribution is -0.149. The number of aliphatic hydroxyl groups is 1. The minimum absolute atomic E-state index is 0.00864. The Morgan fingerprint density at radius 1 is 0.484 bits per heavy atom. The lowest BCUT2D eigenvalue weighted by atomic mass is 9.99. The number of carbonyl (C=O) groups excluding carboxylic acids is 16. The van der Waals surface area contributed by atoms with Gasteiger partial charge < -0.3 is 115 Å². The summed E-state index contributed by atoms with van der Waals surface area (Å²) in [5, 5.41) is 49.4. The van der Waals surface area contributed by atoms with E-state index in [1.54, 1.807) is 70.4 Å². The van der Waals surface area contributed by atoms with Gasteiger partial charge in [-0.15, -0.1) is 0 Å². The van der Waals surface area contributed by atoms with Gasteiger partial charge in [0.1, 0.15) is 84.3 Å². The molecule has 0 spiro atoms. The molecule has 8 rings (SSSR count). The molecule has 3 saturated heterocycles. The maximum atomic E-state index is 15.7. The number of aliphatic hydroxyl groups excluding tert-OH is 1. The van der Waals surface area contributed by atoms with Crippen LogP contribution in [0.5, 0.6) is 5.75 Å². The fourth-order valence-electron chi connectivity index (χ4n) is 15.9. The largest absolute Gasteiger partial charge is 0.508 e. The summed E-state index contributed by atoms with van der Waals surface area (Å²) >= 11 is 0. The van der Waals surface area contributed by atoms with Crippen LogP contribution < -0.4 is 70.4 Å². The molecule has 3 fully saturated rings. The second-order valence-corrected chi connectivity index (χ2v) is 33.2. The smallest absolute Gasteiger partial charge is 0.246 e. The van der Waals surface area contributed by atoms with Gasteiger partial charge in [0.05, 0.1) is 25.6 Å². The first-order valence-corrected chi connectivity index (χ1v) is 42.6. The van der Waals surface area contributed by atoms with Gasteiger partial charge in [-0.25, -0.2) is 0 Å².